The number of ether oxygens (including phenoxy) is 2. The predicted octanol–water partition coefficient (Wildman–Crippen LogP) is 4.16. The van der Waals surface area contributed by atoms with Gasteiger partial charge >= 0.3 is 18.1 Å². The van der Waals surface area contributed by atoms with Crippen LogP contribution in [-0.4, -0.2) is 65.5 Å². The van der Waals surface area contributed by atoms with Crippen molar-refractivity contribution >= 4 is 35.0 Å². The minimum absolute atomic E-state index is 0.0394. The summed E-state index contributed by atoms with van der Waals surface area (Å²) in [4.78, 5) is 79.1. The Balaban J connectivity index is 1.25. The fourth-order valence-corrected chi connectivity index (χ4v) is 7.01. The maximum atomic E-state index is 14.0. The number of esters is 1. The lowest BCUT2D eigenvalue weighted by Crippen LogP contribution is -2.58. The maximum Gasteiger partial charge on any atom is 0.471 e. The van der Waals surface area contributed by atoms with E-state index in [1.165, 1.54) is 31.2 Å². The van der Waals surface area contributed by atoms with Crippen LogP contribution in [0.1, 0.15) is 57.3 Å². The molecule has 46 heavy (non-hydrogen) atoms. The first-order chi connectivity index (χ1) is 21.9. The smallest absolute Gasteiger partial charge is 0.454 e. The van der Waals surface area contributed by atoms with E-state index >= 15 is 0 Å². The number of amides is 1. The van der Waals surface area contributed by atoms with E-state index in [0.717, 1.165) is 0 Å². The van der Waals surface area contributed by atoms with Gasteiger partial charge in [-0.05, 0) is 44.2 Å². The number of allylic oxidation sites excluding steroid dienone is 4. The Hall–Kier alpha value is -4.71. The van der Waals surface area contributed by atoms with Crippen LogP contribution in [0, 0.1) is 17.8 Å². The van der Waals surface area contributed by atoms with Gasteiger partial charge in [0.1, 0.15) is 6.10 Å². The molecule has 1 aliphatic heterocycles. The first-order valence-electron chi connectivity index (χ1n) is 14.8. The van der Waals surface area contributed by atoms with Gasteiger partial charge in [0.25, 0.3) is 0 Å². The van der Waals surface area contributed by atoms with Crippen LogP contribution in [0.15, 0.2) is 77.9 Å². The van der Waals surface area contributed by atoms with Gasteiger partial charge in [0.05, 0.1) is 35.0 Å². The normalized spacial score (nSPS) is 29.1. The van der Waals surface area contributed by atoms with Crippen molar-refractivity contribution in [3.63, 3.8) is 0 Å². The summed E-state index contributed by atoms with van der Waals surface area (Å²) in [5.41, 5.74) is -0.574. The molecule has 1 amide bonds. The lowest BCUT2D eigenvalue weighted by atomic mass is 9.61. The van der Waals surface area contributed by atoms with Gasteiger partial charge in [-0.2, -0.15) is 13.2 Å². The second kappa shape index (κ2) is 11.9. The quantitative estimate of drug-likeness (QED) is 0.294. The number of halogens is 3. The number of nitrogens with one attached hydrogen (secondary N) is 1. The highest BCUT2D eigenvalue weighted by molar-refractivity contribution is 6.45. The Bertz CT molecular complexity index is 1710. The third-order valence-corrected chi connectivity index (χ3v) is 9.07. The molecular formula is C34H28F3NO8. The van der Waals surface area contributed by atoms with Crippen LogP contribution in [0.4, 0.5) is 13.2 Å². The zero-order valence-electron chi connectivity index (χ0n) is 24.4. The Morgan fingerprint density at radius 3 is 2.15 bits per heavy atom. The van der Waals surface area contributed by atoms with E-state index in [0.29, 0.717) is 0 Å². The molecule has 0 spiro atoms. The summed E-state index contributed by atoms with van der Waals surface area (Å²) in [6, 6.07) is 12.5. The van der Waals surface area contributed by atoms with Crippen molar-refractivity contribution in [1.82, 2.24) is 5.32 Å². The Morgan fingerprint density at radius 2 is 1.52 bits per heavy atom. The van der Waals surface area contributed by atoms with E-state index in [1.54, 1.807) is 42.5 Å². The molecule has 0 saturated carbocycles. The van der Waals surface area contributed by atoms with E-state index < -0.39 is 94.4 Å². The highest BCUT2D eigenvalue weighted by Gasteiger charge is 2.53. The number of benzene rings is 2. The van der Waals surface area contributed by atoms with E-state index in [9.17, 15) is 41.9 Å². The number of ketones is 4. The molecule has 4 aliphatic rings. The number of fused-ring (bicyclic) bond motifs is 2. The SMILES string of the molecule is C[C@H]1O[C@@H](CC2C=CCC3C(=O)C4=C(C(=O)c5ccccc5C4=O)C(=O)C23)C[C@H](NC(=O)C(F)(F)F)[C@H]1OC(=O)c1ccccc1. The van der Waals surface area contributed by atoms with Crippen LogP contribution in [0.5, 0.6) is 0 Å². The molecular weight excluding hydrogens is 607 g/mol. The first kappa shape index (κ1) is 31.3. The fourth-order valence-electron chi connectivity index (χ4n) is 7.01. The molecule has 0 radical (unpaired) electrons. The number of carbonyl (C=O) groups excluding carboxylic acids is 6. The maximum absolute atomic E-state index is 14.0. The van der Waals surface area contributed by atoms with Crippen molar-refractivity contribution in [1.29, 1.82) is 0 Å². The molecule has 2 aromatic carbocycles. The van der Waals surface area contributed by atoms with Crippen molar-refractivity contribution in [2.45, 2.75) is 56.7 Å². The number of carbonyl (C=O) groups is 6. The summed E-state index contributed by atoms with van der Waals surface area (Å²) >= 11 is 0. The highest BCUT2D eigenvalue weighted by atomic mass is 19.4. The molecule has 2 aromatic rings. The van der Waals surface area contributed by atoms with Gasteiger partial charge in [-0.3, -0.25) is 24.0 Å². The minimum Gasteiger partial charge on any atom is -0.454 e. The van der Waals surface area contributed by atoms with Gasteiger partial charge in [0.15, 0.2) is 23.1 Å². The molecule has 1 N–H and O–H groups in total. The number of rotatable bonds is 5. The van der Waals surface area contributed by atoms with Crippen LogP contribution in [0.25, 0.3) is 0 Å². The lowest BCUT2D eigenvalue weighted by molar-refractivity contribution is -0.180. The molecule has 1 fully saturated rings. The predicted molar refractivity (Wildman–Crippen MR) is 154 cm³/mol. The molecule has 3 aliphatic carbocycles. The van der Waals surface area contributed by atoms with Gasteiger partial charge in [0.2, 0.25) is 0 Å². The summed E-state index contributed by atoms with van der Waals surface area (Å²) in [5.74, 6) is -8.22. The van der Waals surface area contributed by atoms with Crippen molar-refractivity contribution in [3.8, 4) is 0 Å². The molecule has 1 saturated heterocycles. The van der Waals surface area contributed by atoms with Crippen molar-refractivity contribution in [3.05, 3.63) is 94.6 Å². The largest absolute Gasteiger partial charge is 0.471 e. The second-order valence-electron chi connectivity index (χ2n) is 11.9. The first-order valence-corrected chi connectivity index (χ1v) is 14.8. The average Bonchev–Trinajstić information content (AvgIpc) is 3.03. The molecule has 1 heterocycles. The molecule has 6 rings (SSSR count). The molecule has 9 nitrogen and oxygen atoms in total. The third-order valence-electron chi connectivity index (χ3n) is 9.07. The van der Waals surface area contributed by atoms with Crippen molar-refractivity contribution in [2.24, 2.45) is 17.8 Å². The molecule has 7 atom stereocenters. The molecule has 238 valence electrons. The average molecular weight is 636 g/mol. The zero-order valence-corrected chi connectivity index (χ0v) is 24.4. The highest BCUT2D eigenvalue weighted by Crippen LogP contribution is 2.45. The van der Waals surface area contributed by atoms with Gasteiger partial charge < -0.3 is 14.8 Å². The summed E-state index contributed by atoms with van der Waals surface area (Å²) in [6.45, 7) is 1.50. The number of Topliss-reactive ketones (excluding diaryl/α,β-unsaturated/α-hetero) is 4. The monoisotopic (exact) mass is 635 g/mol. The molecule has 0 bridgehead atoms. The second-order valence-corrected chi connectivity index (χ2v) is 11.9. The van der Waals surface area contributed by atoms with E-state index in [2.05, 4.69) is 0 Å². The standard InChI is InChI=1S/C34H28F3NO8/c1-16-31(46-32(43)17-8-3-2-4-9-17)23(38-33(44)34(35,36)37)15-19(45-16)14-18-10-7-13-22-24(18)30(42)26-25(29(22)41)27(39)20-11-5-6-12-21(20)28(26)40/h2-12,16,18-19,22-24,31H,13-15H2,1H3,(H,38,44)/t16-,18?,19+,22?,23+,24?,31+/m1/s1. The summed E-state index contributed by atoms with van der Waals surface area (Å²) in [7, 11) is 0. The van der Waals surface area contributed by atoms with Crippen LogP contribution in [-0.2, 0) is 23.9 Å². The topological polar surface area (TPSA) is 133 Å². The Morgan fingerprint density at radius 1 is 0.913 bits per heavy atom. The summed E-state index contributed by atoms with van der Waals surface area (Å²) < 4.78 is 51.5. The Kier molecular flexibility index (Phi) is 8.09. The molecule has 3 unspecified atom stereocenters. The van der Waals surface area contributed by atoms with Gasteiger partial charge in [-0.15, -0.1) is 0 Å². The number of hydrogen-bond acceptors (Lipinski definition) is 8. The third kappa shape index (κ3) is 5.51. The van der Waals surface area contributed by atoms with Crippen molar-refractivity contribution in [2.75, 3.05) is 0 Å². The Labute approximate surface area is 260 Å². The van der Waals surface area contributed by atoms with Crippen molar-refractivity contribution < 1.29 is 51.4 Å². The summed E-state index contributed by atoms with van der Waals surface area (Å²) in [6.07, 6.45) is -4.88. The van der Waals surface area contributed by atoms with Crippen LogP contribution in [0.2, 0.25) is 0 Å². The van der Waals surface area contributed by atoms with E-state index in [4.69, 9.17) is 9.47 Å². The van der Waals surface area contributed by atoms with Crippen LogP contribution in [0.3, 0.4) is 0 Å². The minimum atomic E-state index is -5.20. The molecule has 12 heteroatoms. The fraction of sp³-hybridized carbons (Fsp3) is 0.353. The van der Waals surface area contributed by atoms with Gasteiger partial charge in [0, 0.05) is 23.0 Å². The van der Waals surface area contributed by atoms with Gasteiger partial charge in [-0.1, -0.05) is 54.6 Å². The number of alkyl halides is 3. The zero-order chi connectivity index (χ0) is 32.9. The van der Waals surface area contributed by atoms with E-state index in [-0.39, 0.29) is 36.0 Å². The molecule has 0 aromatic heterocycles. The van der Waals surface area contributed by atoms with Gasteiger partial charge in [-0.25, -0.2) is 4.79 Å². The van der Waals surface area contributed by atoms with E-state index in [1.807, 2.05) is 5.32 Å². The van der Waals surface area contributed by atoms with Crippen LogP contribution >= 0.6 is 0 Å². The summed E-state index contributed by atoms with van der Waals surface area (Å²) in [5, 5.41) is 1.94. The van der Waals surface area contributed by atoms with Crippen LogP contribution < -0.4 is 5.32 Å². The number of hydrogen-bond donors (Lipinski definition) is 1. The lowest BCUT2D eigenvalue weighted by Gasteiger charge is -2.43.